The Kier molecular flexibility index (Phi) is 5.05. The summed E-state index contributed by atoms with van der Waals surface area (Å²) in [6, 6.07) is 8.78. The van der Waals surface area contributed by atoms with Crippen molar-refractivity contribution in [2.24, 2.45) is 5.92 Å². The average Bonchev–Trinajstić information content (AvgIpc) is 2.56. The third kappa shape index (κ3) is 3.21. The second-order valence-corrected chi connectivity index (χ2v) is 7.55. The molecule has 1 N–H and O–H groups in total. The molecule has 1 aliphatic rings. The molecular formula is C20H18BrNO4. The van der Waals surface area contributed by atoms with Crippen molar-refractivity contribution in [3.63, 3.8) is 0 Å². The van der Waals surface area contributed by atoms with Gasteiger partial charge in [0, 0.05) is 28.7 Å². The number of aryl methyl sites for hydroxylation is 2. The number of Topliss-reactive ketones (excluding diaryl/α,β-unsaturated/α-hetero) is 2. The Morgan fingerprint density at radius 3 is 2.38 bits per heavy atom. The van der Waals surface area contributed by atoms with Gasteiger partial charge >= 0.3 is 5.97 Å². The number of pyridine rings is 1. The minimum Gasteiger partial charge on any atom is -0.481 e. The molecule has 0 aliphatic heterocycles. The van der Waals surface area contributed by atoms with Gasteiger partial charge in [0.1, 0.15) is 17.6 Å². The molecule has 26 heavy (non-hydrogen) atoms. The fourth-order valence-electron chi connectivity index (χ4n) is 3.83. The van der Waals surface area contributed by atoms with E-state index in [-0.39, 0.29) is 12.2 Å². The Morgan fingerprint density at radius 1 is 1.19 bits per heavy atom. The highest BCUT2D eigenvalue weighted by atomic mass is 79.9. The van der Waals surface area contributed by atoms with E-state index >= 15 is 0 Å². The van der Waals surface area contributed by atoms with E-state index in [1.54, 1.807) is 18.2 Å². The first-order valence-electron chi connectivity index (χ1n) is 8.28. The second-order valence-electron chi connectivity index (χ2n) is 6.64. The minimum atomic E-state index is -1.28. The van der Waals surface area contributed by atoms with Gasteiger partial charge in [-0.25, -0.2) is 0 Å². The zero-order valence-corrected chi connectivity index (χ0v) is 16.0. The third-order valence-electron chi connectivity index (χ3n) is 4.92. The molecule has 0 bridgehead atoms. The van der Waals surface area contributed by atoms with Gasteiger partial charge in [-0.05, 0) is 54.8 Å². The summed E-state index contributed by atoms with van der Waals surface area (Å²) in [5, 5.41) is 9.71. The van der Waals surface area contributed by atoms with Gasteiger partial charge in [0.05, 0.1) is 0 Å². The molecule has 0 spiro atoms. The Morgan fingerprint density at radius 2 is 1.85 bits per heavy atom. The number of halogens is 1. The summed E-state index contributed by atoms with van der Waals surface area (Å²) in [6.07, 6.45) is 1.53. The number of aliphatic carboxylic acids is 1. The fraction of sp³-hybridized carbons (Fsp3) is 0.300. The maximum absolute atomic E-state index is 13.1. The number of hydrogen-bond acceptors (Lipinski definition) is 4. The zero-order chi connectivity index (χ0) is 19.0. The van der Waals surface area contributed by atoms with Gasteiger partial charge in [-0.3, -0.25) is 19.4 Å². The summed E-state index contributed by atoms with van der Waals surface area (Å²) in [5.41, 5.74) is 2.67. The van der Waals surface area contributed by atoms with Crippen molar-refractivity contribution in [2.75, 3.05) is 0 Å². The lowest BCUT2D eigenvalue weighted by Gasteiger charge is -2.32. The molecule has 1 heterocycles. The van der Waals surface area contributed by atoms with E-state index < -0.39 is 29.5 Å². The van der Waals surface area contributed by atoms with Crippen molar-refractivity contribution in [2.45, 2.75) is 32.1 Å². The van der Waals surface area contributed by atoms with Crippen LogP contribution in [0.4, 0.5) is 0 Å². The van der Waals surface area contributed by atoms with E-state index in [4.69, 9.17) is 0 Å². The lowest BCUT2D eigenvalue weighted by atomic mass is 9.67. The molecule has 134 valence electrons. The maximum Gasteiger partial charge on any atom is 0.314 e. The van der Waals surface area contributed by atoms with Crippen molar-refractivity contribution >= 4 is 33.5 Å². The second kappa shape index (κ2) is 7.11. The zero-order valence-electron chi connectivity index (χ0n) is 14.4. The number of hydrogen-bond donors (Lipinski definition) is 1. The number of rotatable bonds is 3. The van der Waals surface area contributed by atoms with Gasteiger partial charge in [-0.15, -0.1) is 0 Å². The molecule has 1 aliphatic carbocycles. The van der Waals surface area contributed by atoms with Crippen molar-refractivity contribution in [3.05, 3.63) is 63.4 Å². The predicted octanol–water partition coefficient (Wildman–Crippen LogP) is 3.57. The van der Waals surface area contributed by atoms with Crippen LogP contribution in [0.25, 0.3) is 0 Å². The van der Waals surface area contributed by atoms with Crippen LogP contribution in [0.3, 0.4) is 0 Å². The van der Waals surface area contributed by atoms with E-state index in [1.165, 1.54) is 6.20 Å². The van der Waals surface area contributed by atoms with Crippen LogP contribution in [-0.2, 0) is 14.4 Å². The highest BCUT2D eigenvalue weighted by Crippen LogP contribution is 2.41. The Bertz CT molecular complexity index is 871. The monoisotopic (exact) mass is 415 g/mol. The van der Waals surface area contributed by atoms with Crippen molar-refractivity contribution in [1.29, 1.82) is 0 Å². The number of aromatic nitrogens is 1. The number of carboxylic acid groups (broad SMARTS) is 1. The topological polar surface area (TPSA) is 84.3 Å². The van der Waals surface area contributed by atoms with Crippen molar-refractivity contribution in [3.8, 4) is 0 Å². The molecule has 6 heteroatoms. The molecular weight excluding hydrogens is 398 g/mol. The van der Waals surface area contributed by atoms with E-state index in [2.05, 4.69) is 20.9 Å². The molecule has 1 aromatic carbocycles. The first-order valence-corrected chi connectivity index (χ1v) is 9.07. The number of carbonyl (C=O) groups excluding carboxylic acids is 2. The van der Waals surface area contributed by atoms with Crippen LogP contribution < -0.4 is 0 Å². The highest BCUT2D eigenvalue weighted by molar-refractivity contribution is 9.10. The van der Waals surface area contributed by atoms with Gasteiger partial charge in [0.15, 0.2) is 5.78 Å². The van der Waals surface area contributed by atoms with Gasteiger partial charge in [-0.2, -0.15) is 0 Å². The lowest BCUT2D eigenvalue weighted by molar-refractivity contribution is -0.150. The molecule has 3 unspecified atom stereocenters. The fourth-order valence-corrected chi connectivity index (χ4v) is 4.52. The minimum absolute atomic E-state index is 0.0146. The number of carbonyl (C=O) groups is 3. The smallest absolute Gasteiger partial charge is 0.314 e. The molecule has 3 atom stereocenters. The Balaban J connectivity index is 2.08. The standard InChI is InChI=1S/C20H18BrNO4/c1-10-7-12(21)8-11(2)16(10)18-15(23)9-13(14-5-3-4-6-22-14)17(19(18)24)20(25)26/h3-8,13,17-18H,9H2,1-2H3,(H,25,26). The SMILES string of the molecule is Cc1cc(Br)cc(C)c1C1C(=O)CC(c2ccccn2)C(C(=O)O)C1=O. The molecule has 0 radical (unpaired) electrons. The van der Waals surface area contributed by atoms with Gasteiger partial charge in [0.25, 0.3) is 0 Å². The molecule has 1 aromatic heterocycles. The highest BCUT2D eigenvalue weighted by Gasteiger charge is 2.49. The normalized spacial score (nSPS) is 23.1. The summed E-state index contributed by atoms with van der Waals surface area (Å²) in [4.78, 5) is 42.1. The molecule has 5 nitrogen and oxygen atoms in total. The van der Waals surface area contributed by atoms with Crippen LogP contribution in [0.5, 0.6) is 0 Å². The molecule has 1 fully saturated rings. The molecule has 2 aromatic rings. The quantitative estimate of drug-likeness (QED) is 0.774. The molecule has 1 saturated carbocycles. The first-order chi connectivity index (χ1) is 12.3. The van der Waals surface area contributed by atoms with Crippen LogP contribution in [0.2, 0.25) is 0 Å². The number of carboxylic acids is 1. The molecule has 0 amide bonds. The third-order valence-corrected chi connectivity index (χ3v) is 5.38. The largest absolute Gasteiger partial charge is 0.481 e. The number of benzene rings is 1. The van der Waals surface area contributed by atoms with Crippen LogP contribution in [-0.4, -0.2) is 27.6 Å². The maximum atomic E-state index is 13.1. The van der Waals surface area contributed by atoms with E-state index in [1.807, 2.05) is 26.0 Å². The summed E-state index contributed by atoms with van der Waals surface area (Å²) >= 11 is 3.40. The first kappa shape index (κ1) is 18.5. The lowest BCUT2D eigenvalue weighted by Crippen LogP contribution is -2.43. The van der Waals surface area contributed by atoms with Crippen LogP contribution in [0.1, 0.15) is 40.6 Å². The summed E-state index contributed by atoms with van der Waals surface area (Å²) < 4.78 is 0.855. The van der Waals surface area contributed by atoms with Gasteiger partial charge in [-0.1, -0.05) is 22.0 Å². The predicted molar refractivity (Wildman–Crippen MR) is 99.1 cm³/mol. The number of ketones is 2. The number of nitrogens with zero attached hydrogens (tertiary/aromatic N) is 1. The van der Waals surface area contributed by atoms with Gasteiger partial charge < -0.3 is 5.11 Å². The van der Waals surface area contributed by atoms with E-state index in [0.29, 0.717) is 11.3 Å². The Hall–Kier alpha value is -2.34. The van der Waals surface area contributed by atoms with Gasteiger partial charge in [0.2, 0.25) is 0 Å². The summed E-state index contributed by atoms with van der Waals surface area (Å²) in [7, 11) is 0. The summed E-state index contributed by atoms with van der Waals surface area (Å²) in [5.74, 6) is -5.08. The van der Waals surface area contributed by atoms with Crippen LogP contribution >= 0.6 is 15.9 Å². The summed E-state index contributed by atoms with van der Waals surface area (Å²) in [6.45, 7) is 3.66. The van der Waals surface area contributed by atoms with Crippen molar-refractivity contribution < 1.29 is 19.5 Å². The Labute approximate surface area is 159 Å². The molecule has 3 rings (SSSR count). The van der Waals surface area contributed by atoms with E-state index in [0.717, 1.165) is 15.6 Å². The average molecular weight is 416 g/mol. The van der Waals surface area contributed by atoms with Crippen LogP contribution in [0, 0.1) is 19.8 Å². The van der Waals surface area contributed by atoms with E-state index in [9.17, 15) is 19.5 Å². The van der Waals surface area contributed by atoms with Crippen molar-refractivity contribution in [1.82, 2.24) is 4.98 Å². The van der Waals surface area contributed by atoms with Crippen LogP contribution in [0.15, 0.2) is 41.0 Å². The molecule has 0 saturated heterocycles.